The summed E-state index contributed by atoms with van der Waals surface area (Å²) in [5.74, 6) is 0.761. The van der Waals surface area contributed by atoms with Gasteiger partial charge in [0.25, 0.3) is 0 Å². The Hall–Kier alpha value is -1.20. The average Bonchev–Trinajstić information content (AvgIpc) is 2.70. The Labute approximate surface area is 96.3 Å². The lowest BCUT2D eigenvalue weighted by molar-refractivity contribution is 0.859. The van der Waals surface area contributed by atoms with E-state index >= 15 is 0 Å². The third-order valence-corrected chi connectivity index (χ3v) is 3.11. The number of rotatable bonds is 2. The predicted molar refractivity (Wildman–Crippen MR) is 61.7 cm³/mol. The molecule has 5 heteroatoms. The molecule has 0 aliphatic heterocycles. The molecule has 0 unspecified atom stereocenters. The molecule has 2 rings (SSSR count). The van der Waals surface area contributed by atoms with Crippen molar-refractivity contribution >= 4 is 15.9 Å². The van der Waals surface area contributed by atoms with Gasteiger partial charge in [-0.15, -0.1) is 10.2 Å². The Morgan fingerprint density at radius 1 is 1.47 bits per heavy atom. The summed E-state index contributed by atoms with van der Waals surface area (Å²) >= 11 is 3.46. The molecule has 15 heavy (non-hydrogen) atoms. The highest BCUT2D eigenvalue weighted by Gasteiger charge is 2.05. The summed E-state index contributed by atoms with van der Waals surface area (Å²) in [5.41, 5.74) is 7.77. The van der Waals surface area contributed by atoms with Crippen molar-refractivity contribution in [2.75, 3.05) is 0 Å². The molecule has 78 valence electrons. The number of nitrogens with zero attached hydrogens (tertiary/aromatic N) is 3. The predicted octanol–water partition coefficient (Wildman–Crippen LogP) is 1.80. The van der Waals surface area contributed by atoms with E-state index in [2.05, 4.69) is 32.2 Å². The topological polar surface area (TPSA) is 56.7 Å². The molecule has 0 spiro atoms. The molecule has 2 aromatic rings. The van der Waals surface area contributed by atoms with E-state index in [0.717, 1.165) is 16.0 Å². The van der Waals surface area contributed by atoms with Crippen LogP contribution in [-0.4, -0.2) is 14.8 Å². The Bertz CT molecular complexity index is 478. The highest BCUT2D eigenvalue weighted by Crippen LogP contribution is 2.19. The second-order valence-electron chi connectivity index (χ2n) is 3.25. The van der Waals surface area contributed by atoms with Crippen molar-refractivity contribution in [1.29, 1.82) is 0 Å². The summed E-state index contributed by atoms with van der Waals surface area (Å²) in [6, 6.07) is 6.07. The number of benzene rings is 1. The van der Waals surface area contributed by atoms with Crippen molar-refractivity contribution in [2.24, 2.45) is 5.73 Å². The molecule has 0 saturated carbocycles. The van der Waals surface area contributed by atoms with Gasteiger partial charge in [-0.3, -0.25) is 4.57 Å². The maximum Gasteiger partial charge on any atom is 0.151 e. The van der Waals surface area contributed by atoms with Gasteiger partial charge in [-0.25, -0.2) is 0 Å². The molecule has 2 N–H and O–H groups in total. The molecule has 0 saturated heterocycles. The molecule has 0 fully saturated rings. The molecule has 0 atom stereocenters. The smallest absolute Gasteiger partial charge is 0.151 e. The molecule has 1 heterocycles. The fourth-order valence-electron chi connectivity index (χ4n) is 1.39. The number of aromatic nitrogens is 3. The zero-order chi connectivity index (χ0) is 10.8. The maximum atomic E-state index is 5.57. The molecule has 0 radical (unpaired) electrons. The standard InChI is InChI=1S/C10H11BrN4/c1-7-4-8(2-3-9(7)11)15-6-13-14-10(15)5-12/h2-4,6H,5,12H2,1H3. The third kappa shape index (κ3) is 1.93. The summed E-state index contributed by atoms with van der Waals surface area (Å²) in [4.78, 5) is 0. The number of halogens is 1. The Morgan fingerprint density at radius 3 is 2.93 bits per heavy atom. The van der Waals surface area contributed by atoms with Gasteiger partial charge in [-0.1, -0.05) is 15.9 Å². The molecular formula is C10H11BrN4. The van der Waals surface area contributed by atoms with E-state index in [9.17, 15) is 0 Å². The van der Waals surface area contributed by atoms with E-state index in [1.807, 2.05) is 23.6 Å². The van der Waals surface area contributed by atoms with Crippen LogP contribution in [0.5, 0.6) is 0 Å². The number of aryl methyl sites for hydroxylation is 1. The first-order valence-corrected chi connectivity index (χ1v) is 5.37. The Balaban J connectivity index is 2.50. The van der Waals surface area contributed by atoms with E-state index in [1.54, 1.807) is 6.33 Å². The van der Waals surface area contributed by atoms with Crippen LogP contribution in [0.3, 0.4) is 0 Å². The quantitative estimate of drug-likeness (QED) is 0.902. The van der Waals surface area contributed by atoms with Crippen molar-refractivity contribution in [3.63, 3.8) is 0 Å². The molecule has 1 aromatic carbocycles. The van der Waals surface area contributed by atoms with E-state index in [0.29, 0.717) is 6.54 Å². The van der Waals surface area contributed by atoms with Gasteiger partial charge in [0.15, 0.2) is 5.82 Å². The van der Waals surface area contributed by atoms with Gasteiger partial charge in [-0.2, -0.15) is 0 Å². The number of hydrogen-bond acceptors (Lipinski definition) is 3. The second kappa shape index (κ2) is 4.12. The maximum absolute atomic E-state index is 5.57. The molecule has 1 aromatic heterocycles. The van der Waals surface area contributed by atoms with Crippen LogP contribution in [0.25, 0.3) is 5.69 Å². The highest BCUT2D eigenvalue weighted by molar-refractivity contribution is 9.10. The SMILES string of the molecule is Cc1cc(-n2cnnc2CN)ccc1Br. The average molecular weight is 267 g/mol. The molecule has 0 aliphatic carbocycles. The normalized spacial score (nSPS) is 10.6. The first-order valence-electron chi connectivity index (χ1n) is 4.58. The Morgan fingerprint density at radius 2 is 2.27 bits per heavy atom. The molecule has 0 bridgehead atoms. The highest BCUT2D eigenvalue weighted by atomic mass is 79.9. The van der Waals surface area contributed by atoms with Crippen molar-refractivity contribution < 1.29 is 0 Å². The lowest BCUT2D eigenvalue weighted by Crippen LogP contribution is -2.06. The first-order chi connectivity index (χ1) is 7.22. The summed E-state index contributed by atoms with van der Waals surface area (Å²) < 4.78 is 2.98. The second-order valence-corrected chi connectivity index (χ2v) is 4.11. The van der Waals surface area contributed by atoms with E-state index in [1.165, 1.54) is 5.56 Å². The summed E-state index contributed by atoms with van der Waals surface area (Å²) in [6.07, 6.45) is 1.67. The Kier molecular flexibility index (Phi) is 2.83. The van der Waals surface area contributed by atoms with Crippen LogP contribution in [0, 0.1) is 6.92 Å². The minimum Gasteiger partial charge on any atom is -0.324 e. The van der Waals surface area contributed by atoms with E-state index in [4.69, 9.17) is 5.73 Å². The van der Waals surface area contributed by atoms with E-state index < -0.39 is 0 Å². The molecule has 0 aliphatic rings. The van der Waals surface area contributed by atoms with Crippen molar-refractivity contribution in [1.82, 2.24) is 14.8 Å². The largest absolute Gasteiger partial charge is 0.324 e. The minimum absolute atomic E-state index is 0.384. The van der Waals surface area contributed by atoms with Crippen LogP contribution in [0.4, 0.5) is 0 Å². The van der Waals surface area contributed by atoms with Crippen LogP contribution >= 0.6 is 15.9 Å². The van der Waals surface area contributed by atoms with Gasteiger partial charge in [-0.05, 0) is 30.7 Å². The van der Waals surface area contributed by atoms with Gasteiger partial charge in [0.2, 0.25) is 0 Å². The van der Waals surface area contributed by atoms with Crippen molar-refractivity contribution in [3.8, 4) is 5.69 Å². The zero-order valence-corrected chi connectivity index (χ0v) is 9.90. The molecule has 4 nitrogen and oxygen atoms in total. The molecular weight excluding hydrogens is 256 g/mol. The van der Waals surface area contributed by atoms with Crippen LogP contribution in [0.2, 0.25) is 0 Å². The number of hydrogen-bond donors (Lipinski definition) is 1. The lowest BCUT2D eigenvalue weighted by Gasteiger charge is -2.06. The summed E-state index contributed by atoms with van der Waals surface area (Å²) in [5, 5.41) is 7.78. The third-order valence-electron chi connectivity index (χ3n) is 2.22. The van der Waals surface area contributed by atoms with Crippen LogP contribution in [0.15, 0.2) is 29.0 Å². The minimum atomic E-state index is 0.384. The molecule has 0 amide bonds. The van der Waals surface area contributed by atoms with E-state index in [-0.39, 0.29) is 0 Å². The van der Waals surface area contributed by atoms with Gasteiger partial charge in [0, 0.05) is 10.2 Å². The lowest BCUT2D eigenvalue weighted by atomic mass is 10.2. The van der Waals surface area contributed by atoms with Gasteiger partial charge in [0.05, 0.1) is 6.54 Å². The monoisotopic (exact) mass is 266 g/mol. The zero-order valence-electron chi connectivity index (χ0n) is 8.31. The van der Waals surface area contributed by atoms with Gasteiger partial charge in [0.1, 0.15) is 6.33 Å². The fraction of sp³-hybridized carbons (Fsp3) is 0.200. The summed E-state index contributed by atoms with van der Waals surface area (Å²) in [7, 11) is 0. The van der Waals surface area contributed by atoms with Crippen molar-refractivity contribution in [3.05, 3.63) is 40.4 Å². The summed E-state index contributed by atoms with van der Waals surface area (Å²) in [6.45, 7) is 2.43. The van der Waals surface area contributed by atoms with Crippen LogP contribution < -0.4 is 5.73 Å². The van der Waals surface area contributed by atoms with Crippen LogP contribution in [0.1, 0.15) is 11.4 Å². The van der Waals surface area contributed by atoms with Crippen LogP contribution in [-0.2, 0) is 6.54 Å². The van der Waals surface area contributed by atoms with Gasteiger partial charge >= 0.3 is 0 Å². The number of nitrogens with two attached hydrogens (primary N) is 1. The van der Waals surface area contributed by atoms with Crippen molar-refractivity contribution in [2.45, 2.75) is 13.5 Å². The van der Waals surface area contributed by atoms with Gasteiger partial charge < -0.3 is 5.73 Å². The first kappa shape index (κ1) is 10.3. The fourth-order valence-corrected chi connectivity index (χ4v) is 1.64.